The molecule has 168 valence electrons. The predicted octanol–water partition coefficient (Wildman–Crippen LogP) is 5.11. The SMILES string of the molecule is O=C(CN1C(=O)S/C(=C\c2cn(Cc3ccc(Br)cc3)c3ccccc23)C1=O)N1CCCC1. The molecular weight excluding hydrogens is 502 g/mol. The van der Waals surface area contributed by atoms with Gasteiger partial charge in [-0.15, -0.1) is 0 Å². The standard InChI is InChI=1S/C25H22BrN3O3S/c26-19-9-7-17(8-10-19)14-28-15-18(20-5-1-2-6-21(20)28)13-22-24(31)29(25(32)33-22)16-23(30)27-11-3-4-12-27/h1-2,5-10,13,15H,3-4,11-12,14,16H2/b22-13-. The number of aromatic nitrogens is 1. The van der Waals surface area contributed by atoms with Gasteiger partial charge in [-0.1, -0.05) is 46.3 Å². The van der Waals surface area contributed by atoms with Crippen LogP contribution < -0.4 is 0 Å². The van der Waals surface area contributed by atoms with E-state index in [2.05, 4.69) is 32.6 Å². The van der Waals surface area contributed by atoms with Crippen LogP contribution in [0.25, 0.3) is 17.0 Å². The Balaban J connectivity index is 1.41. The normalized spacial score (nSPS) is 17.7. The summed E-state index contributed by atoms with van der Waals surface area (Å²) in [6.07, 6.45) is 5.72. The van der Waals surface area contributed by atoms with E-state index in [9.17, 15) is 14.4 Å². The molecule has 3 amide bonds. The molecule has 0 radical (unpaired) electrons. The molecule has 0 atom stereocenters. The number of amides is 3. The first-order valence-electron chi connectivity index (χ1n) is 10.8. The van der Waals surface area contributed by atoms with Crippen molar-refractivity contribution in [1.82, 2.24) is 14.4 Å². The third-order valence-electron chi connectivity index (χ3n) is 6.00. The van der Waals surface area contributed by atoms with E-state index in [0.29, 0.717) is 24.5 Å². The maximum atomic E-state index is 13.0. The summed E-state index contributed by atoms with van der Waals surface area (Å²) in [5.41, 5.74) is 3.08. The first-order valence-corrected chi connectivity index (χ1v) is 12.5. The van der Waals surface area contributed by atoms with Crippen molar-refractivity contribution in [2.75, 3.05) is 19.6 Å². The largest absolute Gasteiger partial charge is 0.342 e. The molecule has 0 spiro atoms. The first kappa shape index (κ1) is 22.0. The van der Waals surface area contributed by atoms with Gasteiger partial charge < -0.3 is 9.47 Å². The Hall–Kier alpha value is -2.84. The number of fused-ring (bicyclic) bond motifs is 1. The Labute approximate surface area is 204 Å². The molecule has 8 heteroatoms. The fraction of sp³-hybridized carbons (Fsp3) is 0.240. The van der Waals surface area contributed by atoms with E-state index < -0.39 is 11.1 Å². The second-order valence-electron chi connectivity index (χ2n) is 8.21. The van der Waals surface area contributed by atoms with Gasteiger partial charge in [0.1, 0.15) is 6.54 Å². The van der Waals surface area contributed by atoms with Crippen molar-refractivity contribution < 1.29 is 14.4 Å². The summed E-state index contributed by atoms with van der Waals surface area (Å²) in [4.78, 5) is 41.1. The van der Waals surface area contributed by atoms with E-state index in [4.69, 9.17) is 0 Å². The fourth-order valence-electron chi connectivity index (χ4n) is 4.29. The van der Waals surface area contributed by atoms with Gasteiger partial charge in [0.15, 0.2) is 0 Å². The molecule has 0 unspecified atom stereocenters. The highest BCUT2D eigenvalue weighted by Gasteiger charge is 2.37. The van der Waals surface area contributed by atoms with Gasteiger partial charge in [0.05, 0.1) is 4.91 Å². The van der Waals surface area contributed by atoms with E-state index in [1.165, 1.54) is 0 Å². The number of hydrogen-bond donors (Lipinski definition) is 0. The lowest BCUT2D eigenvalue weighted by molar-refractivity contribution is -0.135. The minimum atomic E-state index is -0.401. The van der Waals surface area contributed by atoms with Crippen molar-refractivity contribution in [3.05, 3.63) is 75.2 Å². The monoisotopic (exact) mass is 523 g/mol. The van der Waals surface area contributed by atoms with E-state index in [-0.39, 0.29) is 12.5 Å². The van der Waals surface area contributed by atoms with E-state index in [1.54, 1.807) is 11.0 Å². The molecule has 2 fully saturated rings. The van der Waals surface area contributed by atoms with Crippen molar-refractivity contribution in [1.29, 1.82) is 0 Å². The van der Waals surface area contributed by atoms with Gasteiger partial charge in [-0.25, -0.2) is 0 Å². The number of carbonyl (C=O) groups excluding carboxylic acids is 3. The van der Waals surface area contributed by atoms with Crippen LogP contribution >= 0.6 is 27.7 Å². The number of halogens is 1. The summed E-state index contributed by atoms with van der Waals surface area (Å²) < 4.78 is 3.18. The zero-order valence-corrected chi connectivity index (χ0v) is 20.3. The van der Waals surface area contributed by atoms with Crippen LogP contribution in [0.3, 0.4) is 0 Å². The maximum Gasteiger partial charge on any atom is 0.294 e. The second-order valence-corrected chi connectivity index (χ2v) is 10.1. The smallest absolute Gasteiger partial charge is 0.294 e. The Morgan fingerprint density at radius 2 is 1.76 bits per heavy atom. The van der Waals surface area contributed by atoms with Crippen molar-refractivity contribution >= 4 is 61.7 Å². The molecule has 5 rings (SSSR count). The van der Waals surface area contributed by atoms with Crippen LogP contribution in [0.4, 0.5) is 4.79 Å². The molecule has 3 heterocycles. The minimum Gasteiger partial charge on any atom is -0.342 e. The number of imide groups is 1. The Morgan fingerprint density at radius 3 is 2.52 bits per heavy atom. The number of para-hydroxylation sites is 1. The molecule has 33 heavy (non-hydrogen) atoms. The van der Waals surface area contributed by atoms with Gasteiger partial charge in [-0.2, -0.15) is 0 Å². The highest BCUT2D eigenvalue weighted by atomic mass is 79.9. The average molecular weight is 524 g/mol. The second kappa shape index (κ2) is 9.19. The summed E-state index contributed by atoms with van der Waals surface area (Å²) in [6.45, 7) is 1.90. The summed E-state index contributed by atoms with van der Waals surface area (Å²) >= 11 is 4.37. The molecule has 1 aromatic heterocycles. The molecule has 0 bridgehead atoms. The molecule has 0 N–H and O–H groups in total. The van der Waals surface area contributed by atoms with Crippen molar-refractivity contribution in [2.45, 2.75) is 19.4 Å². The lowest BCUT2D eigenvalue weighted by Crippen LogP contribution is -2.40. The Kier molecular flexibility index (Phi) is 6.12. The molecule has 2 aliphatic rings. The van der Waals surface area contributed by atoms with Crippen LogP contribution in [0.15, 0.2) is 64.1 Å². The fourth-order valence-corrected chi connectivity index (χ4v) is 5.38. The molecular formula is C25H22BrN3O3S. The molecule has 0 aliphatic carbocycles. The van der Waals surface area contributed by atoms with Crippen molar-refractivity contribution in [3.63, 3.8) is 0 Å². The number of thioether (sulfide) groups is 1. The molecule has 3 aromatic rings. The van der Waals surface area contributed by atoms with Gasteiger partial charge in [0.25, 0.3) is 11.1 Å². The van der Waals surface area contributed by atoms with Crippen LogP contribution in [0.1, 0.15) is 24.0 Å². The van der Waals surface area contributed by atoms with E-state index >= 15 is 0 Å². The molecule has 6 nitrogen and oxygen atoms in total. The predicted molar refractivity (Wildman–Crippen MR) is 134 cm³/mol. The molecule has 2 saturated heterocycles. The van der Waals surface area contributed by atoms with Crippen LogP contribution in [-0.2, 0) is 16.1 Å². The first-order chi connectivity index (χ1) is 16.0. The third-order valence-corrected chi connectivity index (χ3v) is 7.43. The number of benzene rings is 2. The van der Waals surface area contributed by atoms with Crippen molar-refractivity contribution in [2.24, 2.45) is 0 Å². The Bertz CT molecular complexity index is 1280. The quantitative estimate of drug-likeness (QED) is 0.436. The van der Waals surface area contributed by atoms with Gasteiger partial charge >= 0.3 is 0 Å². The maximum absolute atomic E-state index is 13.0. The van der Waals surface area contributed by atoms with Crippen LogP contribution in [0.2, 0.25) is 0 Å². The van der Waals surface area contributed by atoms with Gasteiger partial charge in [-0.05, 0) is 54.4 Å². The third kappa shape index (κ3) is 4.50. The Morgan fingerprint density at radius 1 is 1.03 bits per heavy atom. The highest BCUT2D eigenvalue weighted by molar-refractivity contribution is 9.10. The van der Waals surface area contributed by atoms with E-state index in [0.717, 1.165) is 56.0 Å². The van der Waals surface area contributed by atoms with Crippen LogP contribution in [-0.4, -0.2) is 51.1 Å². The lowest BCUT2D eigenvalue weighted by atomic mass is 10.1. The van der Waals surface area contributed by atoms with Crippen LogP contribution in [0.5, 0.6) is 0 Å². The van der Waals surface area contributed by atoms with Gasteiger partial charge in [0, 0.05) is 46.8 Å². The molecule has 2 aromatic carbocycles. The highest BCUT2D eigenvalue weighted by Crippen LogP contribution is 2.34. The van der Waals surface area contributed by atoms with Crippen molar-refractivity contribution in [3.8, 4) is 0 Å². The topological polar surface area (TPSA) is 62.6 Å². The summed E-state index contributed by atoms with van der Waals surface area (Å²) in [7, 11) is 0. The van der Waals surface area contributed by atoms with Crippen LogP contribution in [0, 0.1) is 0 Å². The summed E-state index contributed by atoms with van der Waals surface area (Å²) in [5, 5.41) is 0.618. The summed E-state index contributed by atoms with van der Waals surface area (Å²) in [5.74, 6) is -0.565. The minimum absolute atomic E-state index is 0.165. The summed E-state index contributed by atoms with van der Waals surface area (Å²) in [6, 6.07) is 16.2. The average Bonchev–Trinajstić information content (AvgIpc) is 3.52. The number of hydrogen-bond acceptors (Lipinski definition) is 4. The van der Waals surface area contributed by atoms with Gasteiger partial charge in [0.2, 0.25) is 5.91 Å². The number of rotatable bonds is 5. The zero-order chi connectivity index (χ0) is 22.9. The lowest BCUT2D eigenvalue weighted by Gasteiger charge is -2.18. The number of carbonyl (C=O) groups is 3. The zero-order valence-electron chi connectivity index (χ0n) is 17.9. The number of nitrogens with zero attached hydrogens (tertiary/aromatic N) is 3. The van der Waals surface area contributed by atoms with E-state index in [1.807, 2.05) is 42.6 Å². The number of likely N-dealkylation sites (tertiary alicyclic amines) is 1. The molecule has 2 aliphatic heterocycles. The molecule has 0 saturated carbocycles. The van der Waals surface area contributed by atoms with Gasteiger partial charge in [-0.3, -0.25) is 19.3 Å².